The van der Waals surface area contributed by atoms with Crippen LogP contribution in [-0.2, 0) is 0 Å². The number of aromatic nitrogens is 4. The number of hydrogen-bond donors (Lipinski definition) is 2. The van der Waals surface area contributed by atoms with Gasteiger partial charge in [-0.05, 0) is 55.8 Å². The molecule has 0 aliphatic carbocycles. The molecule has 0 spiro atoms. The molecule has 2 N–H and O–H groups in total. The second kappa shape index (κ2) is 8.83. The lowest BCUT2D eigenvalue weighted by Crippen LogP contribution is -2.25. The first-order valence-corrected chi connectivity index (χ1v) is 11.7. The average molecular weight is 515 g/mol. The van der Waals surface area contributed by atoms with Crippen LogP contribution in [0.2, 0.25) is 0 Å². The lowest BCUT2D eigenvalue weighted by atomic mass is 9.85. The van der Waals surface area contributed by atoms with Crippen LogP contribution < -0.4 is 11.1 Å². The van der Waals surface area contributed by atoms with E-state index in [1.807, 2.05) is 98.8 Å². The van der Waals surface area contributed by atoms with Gasteiger partial charge in [0.05, 0.1) is 22.5 Å². The number of aryl methyl sites for hydroxylation is 2. The van der Waals surface area contributed by atoms with E-state index in [4.69, 9.17) is 0 Å². The van der Waals surface area contributed by atoms with Crippen molar-refractivity contribution in [2.75, 3.05) is 0 Å². The maximum absolute atomic E-state index is 13.7. The minimum atomic E-state index is -0.546. The molecule has 0 amide bonds. The maximum atomic E-state index is 13.7. The molecule has 5 aromatic rings. The molecule has 0 radical (unpaired) electrons. The molecular weight excluding hydrogens is 492 g/mol. The third-order valence-corrected chi connectivity index (χ3v) is 6.57. The molecule has 0 saturated heterocycles. The Balaban J connectivity index is 1.77. The summed E-state index contributed by atoms with van der Waals surface area (Å²) in [5.41, 5.74) is 4.51. The highest BCUT2D eigenvalue weighted by Gasteiger charge is 2.30. The van der Waals surface area contributed by atoms with E-state index in [9.17, 15) is 9.59 Å². The molecule has 0 aliphatic heterocycles. The first-order chi connectivity index (χ1) is 16.5. The Hall–Kier alpha value is -3.84. The molecule has 0 atom stereocenters. The van der Waals surface area contributed by atoms with Crippen molar-refractivity contribution in [1.29, 1.82) is 0 Å². The molecule has 0 saturated carbocycles. The maximum Gasteiger partial charge on any atom is 0.275 e. The van der Waals surface area contributed by atoms with E-state index >= 15 is 0 Å². The van der Waals surface area contributed by atoms with Gasteiger partial charge < -0.3 is 0 Å². The molecule has 3 aromatic carbocycles. The molecule has 0 fully saturated rings. The van der Waals surface area contributed by atoms with Gasteiger partial charge in [0, 0.05) is 21.8 Å². The zero-order valence-corrected chi connectivity index (χ0v) is 20.3. The highest BCUT2D eigenvalue weighted by Crippen LogP contribution is 2.32. The van der Waals surface area contributed by atoms with E-state index < -0.39 is 5.92 Å². The van der Waals surface area contributed by atoms with Gasteiger partial charge in [0.25, 0.3) is 11.1 Å². The van der Waals surface area contributed by atoms with E-state index in [2.05, 4.69) is 26.1 Å². The quantitative estimate of drug-likeness (QED) is 0.338. The van der Waals surface area contributed by atoms with Gasteiger partial charge in [-0.1, -0.05) is 64.5 Å². The number of aromatic amines is 2. The smallest absolute Gasteiger partial charge is 0.275 e. The third kappa shape index (κ3) is 3.78. The monoisotopic (exact) mass is 514 g/mol. The van der Waals surface area contributed by atoms with Crippen molar-refractivity contribution in [3.05, 3.63) is 138 Å². The molecule has 170 valence electrons. The van der Waals surface area contributed by atoms with Gasteiger partial charge in [-0.3, -0.25) is 19.8 Å². The molecule has 2 heterocycles. The molecule has 0 unspecified atom stereocenters. The number of halogens is 1. The van der Waals surface area contributed by atoms with Gasteiger partial charge >= 0.3 is 0 Å². The van der Waals surface area contributed by atoms with Crippen molar-refractivity contribution in [3.8, 4) is 11.4 Å². The van der Waals surface area contributed by atoms with Crippen LogP contribution in [0.5, 0.6) is 0 Å². The highest BCUT2D eigenvalue weighted by atomic mass is 79.9. The van der Waals surface area contributed by atoms with Crippen molar-refractivity contribution in [2.24, 2.45) is 0 Å². The average Bonchev–Trinajstić information content (AvgIpc) is 3.32. The van der Waals surface area contributed by atoms with Crippen LogP contribution in [0.3, 0.4) is 0 Å². The summed E-state index contributed by atoms with van der Waals surface area (Å²) < 4.78 is 4.00. The van der Waals surface area contributed by atoms with E-state index in [-0.39, 0.29) is 11.1 Å². The zero-order chi connectivity index (χ0) is 23.8. The molecule has 0 bridgehead atoms. The summed E-state index contributed by atoms with van der Waals surface area (Å²) in [7, 11) is 0. The van der Waals surface area contributed by atoms with Crippen LogP contribution in [0, 0.1) is 13.8 Å². The molecule has 34 heavy (non-hydrogen) atoms. The van der Waals surface area contributed by atoms with Crippen molar-refractivity contribution < 1.29 is 0 Å². The van der Waals surface area contributed by atoms with Gasteiger partial charge in [-0.25, -0.2) is 9.36 Å². The second-order valence-corrected chi connectivity index (χ2v) is 9.15. The van der Waals surface area contributed by atoms with E-state index in [1.165, 1.54) is 9.36 Å². The summed E-state index contributed by atoms with van der Waals surface area (Å²) in [6.45, 7) is 3.75. The summed E-state index contributed by atoms with van der Waals surface area (Å²) in [6.07, 6.45) is 0. The number of H-pyrrole nitrogens is 2. The summed E-state index contributed by atoms with van der Waals surface area (Å²) in [5.74, 6) is -0.546. The van der Waals surface area contributed by atoms with E-state index in [1.54, 1.807) is 0 Å². The zero-order valence-electron chi connectivity index (χ0n) is 18.7. The Morgan fingerprint density at radius 2 is 1.06 bits per heavy atom. The Morgan fingerprint density at radius 3 is 1.47 bits per heavy atom. The summed E-state index contributed by atoms with van der Waals surface area (Å²) >= 11 is 3.49. The number of benzene rings is 3. The lowest BCUT2D eigenvalue weighted by molar-refractivity contribution is 0.830. The van der Waals surface area contributed by atoms with Crippen molar-refractivity contribution in [3.63, 3.8) is 0 Å². The molecule has 5 rings (SSSR count). The Morgan fingerprint density at radius 1 is 0.647 bits per heavy atom. The fourth-order valence-corrected chi connectivity index (χ4v) is 4.71. The number of hydrogen-bond acceptors (Lipinski definition) is 2. The number of rotatable bonds is 5. The van der Waals surface area contributed by atoms with Crippen LogP contribution in [0.25, 0.3) is 11.4 Å². The standard InChI is InChI=1S/C27H23BrN4O2/c1-17-23(26(33)31(29-17)21-9-5-3-6-10-21)25(19-13-15-20(28)16-14-19)24-18(2)30-32(27(24)34)22-11-7-4-8-12-22/h3-16,25,29-30H,1-2H3. The molecule has 6 nitrogen and oxygen atoms in total. The summed E-state index contributed by atoms with van der Waals surface area (Å²) in [4.78, 5) is 27.5. The van der Waals surface area contributed by atoms with E-state index in [0.717, 1.165) is 21.4 Å². The first kappa shape index (κ1) is 22.0. The fraction of sp³-hybridized carbons (Fsp3) is 0.111. The fourth-order valence-electron chi connectivity index (χ4n) is 4.45. The largest absolute Gasteiger partial charge is 0.295 e. The third-order valence-electron chi connectivity index (χ3n) is 6.04. The Bertz CT molecular complexity index is 1460. The predicted molar refractivity (Wildman–Crippen MR) is 137 cm³/mol. The number of nitrogens with zero attached hydrogens (tertiary/aromatic N) is 2. The van der Waals surface area contributed by atoms with Crippen molar-refractivity contribution in [2.45, 2.75) is 19.8 Å². The van der Waals surface area contributed by atoms with Gasteiger partial charge in [0.15, 0.2) is 0 Å². The molecule has 7 heteroatoms. The Kier molecular flexibility index (Phi) is 5.71. The Labute approximate surface area is 204 Å². The number of nitrogens with one attached hydrogen (secondary N) is 2. The van der Waals surface area contributed by atoms with Gasteiger partial charge in [-0.15, -0.1) is 0 Å². The minimum absolute atomic E-state index is 0.178. The molecular formula is C27H23BrN4O2. The topological polar surface area (TPSA) is 75.6 Å². The van der Waals surface area contributed by atoms with Gasteiger partial charge in [-0.2, -0.15) is 0 Å². The minimum Gasteiger partial charge on any atom is -0.295 e. The van der Waals surface area contributed by atoms with Crippen molar-refractivity contribution in [1.82, 2.24) is 19.6 Å². The van der Waals surface area contributed by atoms with Crippen LogP contribution in [0.4, 0.5) is 0 Å². The molecule has 2 aromatic heterocycles. The van der Waals surface area contributed by atoms with Crippen LogP contribution in [-0.4, -0.2) is 19.6 Å². The van der Waals surface area contributed by atoms with Gasteiger partial charge in [0.2, 0.25) is 0 Å². The normalized spacial score (nSPS) is 11.3. The van der Waals surface area contributed by atoms with Crippen LogP contribution in [0.15, 0.2) is 99.0 Å². The predicted octanol–water partition coefficient (Wildman–Crippen LogP) is 5.20. The second-order valence-electron chi connectivity index (χ2n) is 8.24. The first-order valence-electron chi connectivity index (χ1n) is 10.9. The molecule has 0 aliphatic rings. The van der Waals surface area contributed by atoms with Gasteiger partial charge in [0.1, 0.15) is 0 Å². The van der Waals surface area contributed by atoms with Crippen molar-refractivity contribution >= 4 is 15.9 Å². The SMILES string of the molecule is Cc1[nH]n(-c2ccccc2)c(=O)c1C(c1ccc(Br)cc1)c1c(C)[nH]n(-c2ccccc2)c1=O. The number of para-hydroxylation sites is 2. The van der Waals surface area contributed by atoms with Crippen LogP contribution in [0.1, 0.15) is 34.0 Å². The summed E-state index contributed by atoms with van der Waals surface area (Å²) in [6, 6.07) is 26.6. The van der Waals surface area contributed by atoms with Crippen LogP contribution >= 0.6 is 15.9 Å². The lowest BCUT2D eigenvalue weighted by Gasteiger charge is -2.16. The van der Waals surface area contributed by atoms with E-state index in [0.29, 0.717) is 22.5 Å². The highest BCUT2D eigenvalue weighted by molar-refractivity contribution is 9.10. The summed E-state index contributed by atoms with van der Waals surface area (Å²) in [5, 5.41) is 6.43.